The first-order valence-corrected chi connectivity index (χ1v) is 6.73. The molecule has 2 aromatic rings. The molecule has 1 aromatic carbocycles. The van der Waals surface area contributed by atoms with E-state index >= 15 is 0 Å². The number of carbonyl (C=O) groups is 1. The van der Waals surface area contributed by atoms with Crippen molar-refractivity contribution in [3.8, 4) is 0 Å². The second-order valence-electron chi connectivity index (χ2n) is 4.96. The normalized spacial score (nSPS) is 12.9. The maximum absolute atomic E-state index is 14.0. The number of aryl methyl sites for hydroxylation is 2. The Kier molecular flexibility index (Phi) is 3.53. The lowest BCUT2D eigenvalue weighted by Gasteiger charge is -2.09. The summed E-state index contributed by atoms with van der Waals surface area (Å²) in [6.45, 7) is 0. The van der Waals surface area contributed by atoms with E-state index in [-0.39, 0.29) is 11.4 Å². The van der Waals surface area contributed by atoms with E-state index in [0.29, 0.717) is 5.69 Å². The van der Waals surface area contributed by atoms with Crippen LogP contribution in [-0.2, 0) is 12.8 Å². The smallest absolute Gasteiger partial charge is 0.258 e. The van der Waals surface area contributed by atoms with Crippen molar-refractivity contribution in [1.82, 2.24) is 4.98 Å². The van der Waals surface area contributed by atoms with Gasteiger partial charge in [0.1, 0.15) is 0 Å². The molecule has 1 aliphatic rings. The van der Waals surface area contributed by atoms with Gasteiger partial charge >= 0.3 is 0 Å². The number of amides is 1. The number of hydrazine groups is 1. The Labute approximate surface area is 121 Å². The minimum absolute atomic E-state index is 0.0987. The highest BCUT2D eigenvalue weighted by Crippen LogP contribution is 2.25. The summed E-state index contributed by atoms with van der Waals surface area (Å²) in [6, 6.07) is 7.11. The third-order valence-corrected chi connectivity index (χ3v) is 3.63. The van der Waals surface area contributed by atoms with Gasteiger partial charge in [-0.05, 0) is 48.6 Å². The molecule has 0 radical (unpaired) electrons. The zero-order valence-electron chi connectivity index (χ0n) is 11.3. The highest BCUT2D eigenvalue weighted by atomic mass is 19.1. The molecule has 1 aliphatic carbocycles. The number of hydrogen-bond donors (Lipinski definition) is 3. The van der Waals surface area contributed by atoms with E-state index in [0.717, 1.165) is 19.3 Å². The zero-order chi connectivity index (χ0) is 14.8. The van der Waals surface area contributed by atoms with E-state index in [2.05, 4.69) is 15.7 Å². The lowest BCUT2D eigenvalue weighted by molar-refractivity contribution is 0.102. The molecule has 1 aromatic heterocycles. The van der Waals surface area contributed by atoms with Gasteiger partial charge in [-0.15, -0.1) is 0 Å². The number of benzene rings is 1. The summed E-state index contributed by atoms with van der Waals surface area (Å²) >= 11 is 0. The molecule has 0 unspecified atom stereocenters. The van der Waals surface area contributed by atoms with E-state index in [1.807, 2.05) is 18.2 Å². The number of nitrogens with zero attached hydrogens (tertiary/aromatic N) is 1. The topological polar surface area (TPSA) is 80.0 Å². The highest BCUT2D eigenvalue weighted by molar-refractivity contribution is 6.04. The van der Waals surface area contributed by atoms with E-state index < -0.39 is 11.7 Å². The van der Waals surface area contributed by atoms with Crippen molar-refractivity contribution in [1.29, 1.82) is 0 Å². The standard InChI is InChI=1S/C15H15FN4O/c16-13-12(6-7-18-14(13)20-17)15(21)19-11-5-4-9-2-1-3-10(9)8-11/h4-8H,1-3,17H2,(H,18,20)(H,19,21). The van der Waals surface area contributed by atoms with Crippen molar-refractivity contribution in [2.24, 2.45) is 5.84 Å². The Morgan fingerprint density at radius 3 is 2.86 bits per heavy atom. The Morgan fingerprint density at radius 2 is 2.05 bits per heavy atom. The minimum atomic E-state index is -0.765. The number of nitrogen functional groups attached to an aromatic ring is 1. The number of nitrogens with one attached hydrogen (secondary N) is 2. The van der Waals surface area contributed by atoms with Crippen LogP contribution in [0, 0.1) is 5.82 Å². The zero-order valence-corrected chi connectivity index (χ0v) is 11.3. The molecule has 0 atom stereocenters. The summed E-state index contributed by atoms with van der Waals surface area (Å²) < 4.78 is 14.0. The third kappa shape index (κ3) is 2.57. The van der Waals surface area contributed by atoms with E-state index in [4.69, 9.17) is 5.84 Å². The number of halogens is 1. The van der Waals surface area contributed by atoms with Crippen molar-refractivity contribution >= 4 is 17.4 Å². The largest absolute Gasteiger partial charge is 0.322 e. The van der Waals surface area contributed by atoms with Crippen molar-refractivity contribution < 1.29 is 9.18 Å². The quantitative estimate of drug-likeness (QED) is 0.597. The first-order valence-electron chi connectivity index (χ1n) is 6.73. The van der Waals surface area contributed by atoms with Crippen molar-refractivity contribution in [3.05, 3.63) is 53.0 Å². The summed E-state index contributed by atoms with van der Waals surface area (Å²) in [5.74, 6) is 3.70. The van der Waals surface area contributed by atoms with Gasteiger partial charge in [0.15, 0.2) is 11.6 Å². The fourth-order valence-corrected chi connectivity index (χ4v) is 2.57. The van der Waals surface area contributed by atoms with Crippen LogP contribution in [0.3, 0.4) is 0 Å². The number of fused-ring (bicyclic) bond motifs is 1. The van der Waals surface area contributed by atoms with Gasteiger partial charge in [0.25, 0.3) is 5.91 Å². The monoisotopic (exact) mass is 286 g/mol. The predicted octanol–water partition coefficient (Wildman–Crippen LogP) is 2.25. The average Bonchev–Trinajstić information content (AvgIpc) is 2.95. The SMILES string of the molecule is NNc1nccc(C(=O)Nc2ccc3c(c2)CCC3)c1F. The molecule has 0 aliphatic heterocycles. The van der Waals surface area contributed by atoms with E-state index in [1.54, 1.807) is 0 Å². The fraction of sp³-hybridized carbons (Fsp3) is 0.200. The fourth-order valence-electron chi connectivity index (χ4n) is 2.57. The van der Waals surface area contributed by atoms with Crippen LogP contribution in [0.4, 0.5) is 15.9 Å². The summed E-state index contributed by atoms with van der Waals surface area (Å²) in [4.78, 5) is 15.9. The molecule has 4 N–H and O–H groups in total. The van der Waals surface area contributed by atoms with Crippen LogP contribution in [-0.4, -0.2) is 10.9 Å². The third-order valence-electron chi connectivity index (χ3n) is 3.63. The maximum Gasteiger partial charge on any atom is 0.258 e. The molecular formula is C15H15FN4O. The minimum Gasteiger partial charge on any atom is -0.322 e. The van der Waals surface area contributed by atoms with Crippen LogP contribution in [0.1, 0.15) is 27.9 Å². The number of hydrogen-bond acceptors (Lipinski definition) is 4. The number of nitrogens with two attached hydrogens (primary N) is 1. The molecule has 0 saturated heterocycles. The number of pyridine rings is 1. The molecule has 1 heterocycles. The highest BCUT2D eigenvalue weighted by Gasteiger charge is 2.17. The van der Waals surface area contributed by atoms with Gasteiger partial charge in [-0.1, -0.05) is 6.07 Å². The second-order valence-corrected chi connectivity index (χ2v) is 4.96. The first-order chi connectivity index (χ1) is 10.2. The molecule has 21 heavy (non-hydrogen) atoms. The molecule has 5 nitrogen and oxygen atoms in total. The van der Waals surface area contributed by atoms with Crippen LogP contribution in [0.5, 0.6) is 0 Å². The van der Waals surface area contributed by atoms with Gasteiger partial charge in [-0.3, -0.25) is 4.79 Å². The summed E-state index contributed by atoms with van der Waals surface area (Å²) in [6.07, 6.45) is 4.56. The molecule has 108 valence electrons. The molecule has 6 heteroatoms. The summed E-state index contributed by atoms with van der Waals surface area (Å²) in [5, 5.41) is 2.70. The van der Waals surface area contributed by atoms with Crippen molar-refractivity contribution in [2.75, 3.05) is 10.7 Å². The summed E-state index contributed by atoms with van der Waals surface area (Å²) in [5.41, 5.74) is 5.25. The van der Waals surface area contributed by atoms with E-state index in [9.17, 15) is 9.18 Å². The molecule has 0 bridgehead atoms. The van der Waals surface area contributed by atoms with Gasteiger partial charge < -0.3 is 10.7 Å². The molecule has 0 fully saturated rings. The molecule has 1 amide bonds. The Hall–Kier alpha value is -2.47. The van der Waals surface area contributed by atoms with E-state index in [1.165, 1.54) is 23.4 Å². The number of rotatable bonds is 3. The first kappa shape index (κ1) is 13.5. The number of aromatic nitrogens is 1. The maximum atomic E-state index is 14.0. The predicted molar refractivity (Wildman–Crippen MR) is 78.4 cm³/mol. The van der Waals surface area contributed by atoms with Gasteiger partial charge in [0, 0.05) is 11.9 Å². The van der Waals surface area contributed by atoms with Crippen LogP contribution in [0.25, 0.3) is 0 Å². The molecule has 0 saturated carbocycles. The van der Waals surface area contributed by atoms with Gasteiger partial charge in [0.05, 0.1) is 5.56 Å². The Balaban J connectivity index is 1.83. The number of carbonyl (C=O) groups excluding carboxylic acids is 1. The summed E-state index contributed by atoms with van der Waals surface area (Å²) in [7, 11) is 0. The lowest BCUT2D eigenvalue weighted by atomic mass is 10.1. The van der Waals surface area contributed by atoms with Crippen molar-refractivity contribution in [2.45, 2.75) is 19.3 Å². The van der Waals surface area contributed by atoms with Gasteiger partial charge in [-0.2, -0.15) is 0 Å². The average molecular weight is 286 g/mol. The Bertz CT molecular complexity index is 702. The van der Waals surface area contributed by atoms with Crippen molar-refractivity contribution in [3.63, 3.8) is 0 Å². The van der Waals surface area contributed by atoms with Crippen LogP contribution < -0.4 is 16.6 Å². The van der Waals surface area contributed by atoms with Crippen LogP contribution in [0.2, 0.25) is 0 Å². The molecule has 0 spiro atoms. The van der Waals surface area contributed by atoms with Gasteiger partial charge in [-0.25, -0.2) is 15.2 Å². The van der Waals surface area contributed by atoms with Crippen LogP contribution >= 0.6 is 0 Å². The van der Waals surface area contributed by atoms with Crippen LogP contribution in [0.15, 0.2) is 30.5 Å². The molecule has 3 rings (SSSR count). The second kappa shape index (κ2) is 5.49. The van der Waals surface area contributed by atoms with Gasteiger partial charge in [0.2, 0.25) is 0 Å². The Morgan fingerprint density at radius 1 is 1.24 bits per heavy atom. The number of anilines is 2. The molecular weight excluding hydrogens is 271 g/mol. The lowest BCUT2D eigenvalue weighted by Crippen LogP contribution is -2.17.